The number of thioether (sulfide) groups is 2. The van der Waals surface area contributed by atoms with Gasteiger partial charge in [-0.05, 0) is 61.8 Å². The minimum atomic E-state index is -5.73. The maximum absolute atomic E-state index is 18.0. The van der Waals surface area contributed by atoms with Crippen molar-refractivity contribution < 1.29 is 44.6 Å². The van der Waals surface area contributed by atoms with Gasteiger partial charge >= 0.3 is 17.8 Å². The number of aromatic nitrogens is 4. The normalized spacial score (nSPS) is 18.3. The van der Waals surface area contributed by atoms with E-state index in [9.17, 15) is 0 Å². The molecule has 0 saturated heterocycles. The average molecular weight is 1580 g/mol. The Morgan fingerprint density at radius 2 is 0.387 bits per heavy atom. The molecular weight excluding hydrogens is 1420 g/mol. The second-order valence-electron chi connectivity index (χ2n) is 34.6. The summed E-state index contributed by atoms with van der Waals surface area (Å²) in [5, 5.41) is 0. The highest BCUT2D eigenvalue weighted by molar-refractivity contribution is 8.14. The third-order valence-corrected chi connectivity index (χ3v) is 28.8. The van der Waals surface area contributed by atoms with Crippen molar-refractivity contribution in [1.29, 1.82) is 0 Å². The van der Waals surface area contributed by atoms with Gasteiger partial charge in [-0.3, -0.25) is 0 Å². The number of fused-ring (bicyclic) bond motifs is 4. The number of hydrogen-bond acceptors (Lipinski definition) is 2. The Morgan fingerprint density at radius 3 is 0.568 bits per heavy atom. The first-order valence-corrected chi connectivity index (χ1v) is 48.2. The number of nitrogens with zero attached hydrogens (tertiary/aromatic N) is 4. The summed E-state index contributed by atoms with van der Waals surface area (Å²) < 4.78 is 112. The molecule has 2 aliphatic carbocycles. The molecule has 0 bridgehead atoms. The molecule has 8 rings (SSSR count). The van der Waals surface area contributed by atoms with Crippen LogP contribution < -0.4 is 18.3 Å². The topological polar surface area (TPSA) is 15.5 Å². The predicted molar refractivity (Wildman–Crippen MR) is 462 cm³/mol. The molecule has 0 radical (unpaired) electrons. The Kier molecular flexibility index (Phi) is 42.0. The first-order valence-electron chi connectivity index (χ1n) is 46.6. The summed E-state index contributed by atoms with van der Waals surface area (Å²) >= 11 is 2.79. The molecule has 620 valence electrons. The van der Waals surface area contributed by atoms with E-state index >= 15 is 26.3 Å². The standard InChI is InChI=1S/C99H154F6N4S2/c1-7-11-15-19-23-27-31-35-39-43-47-51-55-59-71-106-75-63-83(64-76-106)87-89-91-92(98(102,103)99(104,105)97(91,100)101)90-88(84-65-77-107(78-66-84)72-60-56-52-48-44-40-36-32-28-24-20-16-12-8-2)94(86-69-81-109(82-70-86)74-62-58-54-50-46-42-38-34-30-26-22-18-14-10-4)111-96(90,6)95(89,5)110-93(87)85-67-79-108(80-68-85)73-61-57-53-49-45-41-37-33-29-25-21-17-13-9-3/h63-70,75-82H,7-62,71-74H2,1-6H3/q+4/t95-,96-/m1/s1. The van der Waals surface area contributed by atoms with Crippen molar-refractivity contribution in [3.8, 4) is 0 Å². The fraction of sp³-hybridized carbons (Fsp3) is 0.717. The van der Waals surface area contributed by atoms with Crippen LogP contribution in [0.25, 0.3) is 21.0 Å². The molecule has 4 aliphatic rings. The van der Waals surface area contributed by atoms with Crippen LogP contribution in [0.2, 0.25) is 0 Å². The summed E-state index contributed by atoms with van der Waals surface area (Å²) in [6.45, 7) is 16.0. The lowest BCUT2D eigenvalue weighted by molar-refractivity contribution is -0.697. The van der Waals surface area contributed by atoms with Gasteiger partial charge in [0.1, 0.15) is 26.2 Å². The van der Waals surface area contributed by atoms with E-state index in [1.807, 2.05) is 112 Å². The molecule has 0 N–H and O–H groups in total. The zero-order valence-electron chi connectivity index (χ0n) is 71.0. The van der Waals surface area contributed by atoms with Crippen LogP contribution in [0.1, 0.15) is 423 Å². The summed E-state index contributed by atoms with van der Waals surface area (Å²) in [5.74, 6) is -16.2. The summed E-state index contributed by atoms with van der Waals surface area (Å²) in [4.78, 5) is 1.27. The molecule has 4 nitrogen and oxygen atoms in total. The molecule has 1 saturated carbocycles. The zero-order valence-corrected chi connectivity index (χ0v) is 72.7. The van der Waals surface area contributed by atoms with Crippen LogP contribution in [-0.2, 0) is 26.2 Å². The lowest BCUT2D eigenvalue weighted by atomic mass is 9.66. The van der Waals surface area contributed by atoms with Crippen LogP contribution in [0.3, 0.4) is 0 Å². The average Bonchev–Trinajstić information content (AvgIpc) is 1.47. The molecule has 0 amide bonds. The summed E-state index contributed by atoms with van der Waals surface area (Å²) in [7, 11) is 0. The maximum atomic E-state index is 18.0. The van der Waals surface area contributed by atoms with Crippen LogP contribution in [0.5, 0.6) is 0 Å². The largest absolute Gasteiger partial charge is 0.380 e. The van der Waals surface area contributed by atoms with Crippen molar-refractivity contribution >= 4 is 44.5 Å². The van der Waals surface area contributed by atoms with Crippen molar-refractivity contribution in [2.45, 2.75) is 455 Å². The quantitative estimate of drug-likeness (QED) is 0.0249. The lowest BCUT2D eigenvalue weighted by Gasteiger charge is -2.48. The van der Waals surface area contributed by atoms with E-state index in [2.05, 4.69) is 46.0 Å². The van der Waals surface area contributed by atoms with Crippen molar-refractivity contribution in [2.75, 3.05) is 0 Å². The van der Waals surface area contributed by atoms with Crippen molar-refractivity contribution in [1.82, 2.24) is 0 Å². The molecule has 0 aromatic carbocycles. The molecule has 12 heteroatoms. The smallest absolute Gasteiger partial charge is 0.205 e. The molecule has 2 atom stereocenters. The highest BCUT2D eigenvalue weighted by atomic mass is 32.2. The van der Waals surface area contributed by atoms with Crippen molar-refractivity contribution in [3.05, 3.63) is 143 Å². The Bertz CT molecular complexity index is 3150. The van der Waals surface area contributed by atoms with Gasteiger partial charge in [0.05, 0.1) is 9.49 Å². The number of rotatable bonds is 64. The van der Waals surface area contributed by atoms with Crippen molar-refractivity contribution in [2.24, 2.45) is 0 Å². The van der Waals surface area contributed by atoms with Gasteiger partial charge in [0.25, 0.3) is 0 Å². The van der Waals surface area contributed by atoms with Gasteiger partial charge in [0, 0.05) is 117 Å². The number of aryl methyl sites for hydroxylation is 4. The fourth-order valence-electron chi connectivity index (χ4n) is 18.1. The third-order valence-electron chi connectivity index (χ3n) is 25.3. The van der Waals surface area contributed by atoms with E-state index in [0.29, 0.717) is 32.1 Å². The summed E-state index contributed by atoms with van der Waals surface area (Å²) in [5.41, 5.74) is 0.616. The molecule has 6 heterocycles. The van der Waals surface area contributed by atoms with Crippen LogP contribution >= 0.6 is 23.5 Å². The third kappa shape index (κ3) is 27.2. The molecule has 4 aromatic heterocycles. The van der Waals surface area contributed by atoms with E-state index in [1.54, 1.807) is 0 Å². The van der Waals surface area contributed by atoms with Gasteiger partial charge < -0.3 is 0 Å². The van der Waals surface area contributed by atoms with Gasteiger partial charge in [0.2, 0.25) is 0 Å². The second-order valence-corrected chi connectivity index (χ2v) is 37.4. The molecular formula is C99H154F6N4S2+4. The lowest BCUT2D eigenvalue weighted by Crippen LogP contribution is -2.49. The predicted octanol–water partition coefficient (Wildman–Crippen LogP) is 30.7. The minimum absolute atomic E-state index is 0.110. The van der Waals surface area contributed by atoms with Crippen LogP contribution in [0.15, 0.2) is 120 Å². The van der Waals surface area contributed by atoms with Crippen LogP contribution in [-0.4, -0.2) is 27.3 Å². The number of pyridine rings is 4. The maximum Gasteiger partial charge on any atom is 0.380 e. The Balaban J connectivity index is 1.06. The molecule has 0 spiro atoms. The van der Waals surface area contributed by atoms with E-state index in [0.717, 1.165) is 88.7 Å². The van der Waals surface area contributed by atoms with Crippen LogP contribution in [0, 0.1) is 0 Å². The Morgan fingerprint density at radius 1 is 0.225 bits per heavy atom. The summed E-state index contributed by atoms with van der Waals surface area (Å²) in [6.07, 6.45) is 87.3. The second kappa shape index (κ2) is 50.5. The number of halogens is 6. The summed E-state index contributed by atoms with van der Waals surface area (Å²) in [6, 6.07) is 15.7. The van der Waals surface area contributed by atoms with E-state index in [-0.39, 0.29) is 11.1 Å². The number of alkyl halides is 6. The van der Waals surface area contributed by atoms with Crippen LogP contribution in [0.4, 0.5) is 26.3 Å². The Hall–Kier alpha value is -4.16. The number of unbranched alkanes of at least 4 members (excludes halogenated alkanes) is 52. The van der Waals surface area contributed by atoms with Gasteiger partial charge in [-0.2, -0.15) is 26.3 Å². The SMILES string of the molecule is CCCCCCCCCCCCCCCC[n+]1ccc(C2=C(c3cc[n+](CCCCCCCCCCCCCCCC)cc3)C3=C4C(=C5C(c6cc[n+](CCCCCCCCCCCCCCCC)cc6)=C(c6cc[n+](CCCCCCCCCCCCCCCC)cc6)S[C@@]5(C)[C@]3(C)S2)C(F)(F)C(F)(F)C4(F)F)cc1. The van der Waals surface area contributed by atoms with E-state index in [4.69, 9.17) is 0 Å². The van der Waals surface area contributed by atoms with Crippen molar-refractivity contribution in [3.63, 3.8) is 0 Å². The fourth-order valence-corrected chi connectivity index (χ4v) is 21.5. The Labute approximate surface area is 682 Å². The highest BCUT2D eigenvalue weighted by Crippen LogP contribution is 2.79. The molecule has 1 fully saturated rings. The molecule has 0 unspecified atom stereocenters. The first kappa shape index (κ1) is 92.4. The minimum Gasteiger partial charge on any atom is -0.205 e. The van der Waals surface area contributed by atoms with Gasteiger partial charge in [-0.15, -0.1) is 23.5 Å². The number of hydrogen-bond donors (Lipinski definition) is 0. The van der Waals surface area contributed by atoms with E-state index < -0.39 is 38.4 Å². The molecule has 4 aromatic rings. The van der Waals surface area contributed by atoms with E-state index in [1.165, 1.54) is 332 Å². The molecule has 111 heavy (non-hydrogen) atoms. The first-order chi connectivity index (χ1) is 54.1. The van der Waals surface area contributed by atoms with Gasteiger partial charge in [0.15, 0.2) is 49.6 Å². The van der Waals surface area contributed by atoms with Gasteiger partial charge in [-0.1, -0.05) is 336 Å². The van der Waals surface area contributed by atoms with Gasteiger partial charge in [-0.25, -0.2) is 18.3 Å². The zero-order chi connectivity index (χ0) is 78.9. The molecule has 2 aliphatic heterocycles. The highest BCUT2D eigenvalue weighted by Gasteiger charge is 2.85. The number of allylic oxidation sites excluding steroid dienone is 4. The monoisotopic (exact) mass is 1580 g/mol.